The quantitative estimate of drug-likeness (QED) is 0.935. The molecule has 2 aromatic rings. The van der Waals surface area contributed by atoms with Gasteiger partial charge in [0.25, 0.3) is 0 Å². The van der Waals surface area contributed by atoms with E-state index in [1.807, 2.05) is 7.05 Å². The van der Waals surface area contributed by atoms with Crippen molar-refractivity contribution in [2.24, 2.45) is 0 Å². The number of pyridine rings is 1. The molecule has 0 radical (unpaired) electrons. The zero-order valence-corrected chi connectivity index (χ0v) is 11.4. The van der Waals surface area contributed by atoms with Gasteiger partial charge in [-0.05, 0) is 32.0 Å². The summed E-state index contributed by atoms with van der Waals surface area (Å²) in [6, 6.07) is 3.96. The first-order valence-corrected chi connectivity index (χ1v) is 6.79. The molecular formula is C13H15ClN4O. The molecule has 0 spiro atoms. The number of nitrogens with zero attached hydrogens (tertiary/aromatic N) is 3. The average molecular weight is 279 g/mol. The van der Waals surface area contributed by atoms with E-state index in [0.717, 1.165) is 12.8 Å². The van der Waals surface area contributed by atoms with Crippen LogP contribution in [0.15, 0.2) is 22.9 Å². The molecule has 2 heterocycles. The number of likely N-dealkylation sites (N-methyl/N-ethyl adjacent to an activating group) is 1. The molecule has 1 aliphatic carbocycles. The lowest BCUT2D eigenvalue weighted by Crippen LogP contribution is -2.27. The Labute approximate surface area is 116 Å². The fourth-order valence-electron chi connectivity index (χ4n) is 2.63. The largest absolute Gasteiger partial charge is 0.339 e. The summed E-state index contributed by atoms with van der Waals surface area (Å²) < 4.78 is 5.39. The lowest BCUT2D eigenvalue weighted by Gasteiger charge is -2.14. The molecule has 100 valence electrons. The third-order valence-corrected chi connectivity index (χ3v) is 3.92. The lowest BCUT2D eigenvalue weighted by atomic mass is 10.0. The van der Waals surface area contributed by atoms with Crippen molar-refractivity contribution in [3.05, 3.63) is 29.2 Å². The summed E-state index contributed by atoms with van der Waals surface area (Å²) in [7, 11) is 1.97. The number of halogens is 1. The molecule has 0 saturated heterocycles. The Morgan fingerprint density at radius 1 is 1.42 bits per heavy atom. The first-order chi connectivity index (χ1) is 9.29. The van der Waals surface area contributed by atoms with E-state index in [1.54, 1.807) is 18.3 Å². The smallest absolute Gasteiger partial charge is 0.231 e. The summed E-state index contributed by atoms with van der Waals surface area (Å²) in [4.78, 5) is 8.65. The van der Waals surface area contributed by atoms with Gasteiger partial charge in [0, 0.05) is 12.2 Å². The molecule has 5 nitrogen and oxygen atoms in total. The van der Waals surface area contributed by atoms with Gasteiger partial charge in [-0.2, -0.15) is 4.98 Å². The van der Waals surface area contributed by atoms with Crippen LogP contribution in [0.25, 0.3) is 11.5 Å². The maximum absolute atomic E-state index is 6.09. The minimum Gasteiger partial charge on any atom is -0.339 e. The normalized spacial score (nSPS) is 22.8. The van der Waals surface area contributed by atoms with Crippen molar-refractivity contribution >= 4 is 11.6 Å². The second-order valence-corrected chi connectivity index (χ2v) is 5.13. The molecule has 6 heteroatoms. The Kier molecular flexibility index (Phi) is 3.48. The van der Waals surface area contributed by atoms with Gasteiger partial charge < -0.3 is 9.84 Å². The maximum Gasteiger partial charge on any atom is 0.231 e. The summed E-state index contributed by atoms with van der Waals surface area (Å²) in [6.07, 6.45) is 5.06. The van der Waals surface area contributed by atoms with Crippen LogP contribution in [0.1, 0.15) is 31.1 Å². The second-order valence-electron chi connectivity index (χ2n) is 4.72. The highest BCUT2D eigenvalue weighted by molar-refractivity contribution is 6.32. The van der Waals surface area contributed by atoms with Crippen LogP contribution in [0.5, 0.6) is 0 Å². The number of rotatable bonds is 3. The van der Waals surface area contributed by atoms with Crippen LogP contribution in [0.4, 0.5) is 0 Å². The van der Waals surface area contributed by atoms with Crippen molar-refractivity contribution < 1.29 is 4.52 Å². The first kappa shape index (κ1) is 12.6. The monoisotopic (exact) mass is 278 g/mol. The van der Waals surface area contributed by atoms with Gasteiger partial charge in [-0.15, -0.1) is 0 Å². The molecule has 0 aliphatic heterocycles. The highest BCUT2D eigenvalue weighted by Crippen LogP contribution is 2.34. The summed E-state index contributed by atoms with van der Waals surface area (Å²) in [6.45, 7) is 0. The maximum atomic E-state index is 6.09. The van der Waals surface area contributed by atoms with Gasteiger partial charge in [0.15, 0.2) is 0 Å². The van der Waals surface area contributed by atoms with Crippen molar-refractivity contribution in [1.82, 2.24) is 20.4 Å². The Morgan fingerprint density at radius 3 is 3.11 bits per heavy atom. The Bertz CT molecular complexity index is 571. The lowest BCUT2D eigenvalue weighted by molar-refractivity contribution is 0.335. The molecule has 19 heavy (non-hydrogen) atoms. The van der Waals surface area contributed by atoms with Crippen molar-refractivity contribution in [3.8, 4) is 11.5 Å². The van der Waals surface area contributed by atoms with E-state index < -0.39 is 0 Å². The van der Waals surface area contributed by atoms with Crippen molar-refractivity contribution in [3.63, 3.8) is 0 Å². The van der Waals surface area contributed by atoms with Crippen LogP contribution in [0.2, 0.25) is 5.02 Å². The van der Waals surface area contributed by atoms with E-state index in [0.29, 0.717) is 28.5 Å². The number of hydrogen-bond acceptors (Lipinski definition) is 5. The zero-order valence-electron chi connectivity index (χ0n) is 10.6. The van der Waals surface area contributed by atoms with E-state index in [4.69, 9.17) is 16.1 Å². The number of aromatic nitrogens is 3. The molecule has 1 fully saturated rings. The first-order valence-electron chi connectivity index (χ1n) is 6.41. The molecule has 0 amide bonds. The molecule has 2 unspecified atom stereocenters. The fourth-order valence-corrected chi connectivity index (χ4v) is 2.84. The standard InChI is InChI=1S/C13H15ClN4O/c1-15-10-6-2-4-8(10)13-17-12(18-19-13)11-9(14)5-3-7-16-11/h3,5,7-8,10,15H,2,4,6H2,1H3. The van der Waals surface area contributed by atoms with Gasteiger partial charge >= 0.3 is 0 Å². The average Bonchev–Trinajstić information content (AvgIpc) is 3.07. The summed E-state index contributed by atoms with van der Waals surface area (Å²) in [5.41, 5.74) is 0.568. The van der Waals surface area contributed by atoms with Crippen molar-refractivity contribution in [2.75, 3.05) is 7.05 Å². The van der Waals surface area contributed by atoms with Gasteiger partial charge in [-0.3, -0.25) is 4.98 Å². The van der Waals surface area contributed by atoms with E-state index >= 15 is 0 Å². The molecule has 1 N–H and O–H groups in total. The molecule has 1 saturated carbocycles. The summed E-state index contributed by atoms with van der Waals surface area (Å²) in [5, 5.41) is 7.84. The third kappa shape index (κ3) is 2.35. The van der Waals surface area contributed by atoms with Crippen molar-refractivity contribution in [2.45, 2.75) is 31.2 Å². The second kappa shape index (κ2) is 5.27. The van der Waals surface area contributed by atoms with Crippen LogP contribution < -0.4 is 5.32 Å². The Morgan fingerprint density at radius 2 is 2.32 bits per heavy atom. The van der Waals surface area contributed by atoms with E-state index in [1.165, 1.54) is 6.42 Å². The SMILES string of the molecule is CNC1CCCC1c1nc(-c2ncccc2Cl)no1. The topological polar surface area (TPSA) is 63.8 Å². The Hall–Kier alpha value is -1.46. The van der Waals surface area contributed by atoms with Gasteiger partial charge in [-0.25, -0.2) is 0 Å². The van der Waals surface area contributed by atoms with Crippen LogP contribution in [0, 0.1) is 0 Å². The molecule has 0 aromatic carbocycles. The highest BCUT2D eigenvalue weighted by Gasteiger charge is 2.32. The number of hydrogen-bond donors (Lipinski definition) is 1. The molecule has 0 bridgehead atoms. The van der Waals surface area contributed by atoms with E-state index in [2.05, 4.69) is 20.4 Å². The molecule has 2 aromatic heterocycles. The minimum atomic E-state index is 0.286. The molecular weight excluding hydrogens is 264 g/mol. The minimum absolute atomic E-state index is 0.286. The van der Waals surface area contributed by atoms with Gasteiger partial charge in [-0.1, -0.05) is 23.2 Å². The fraction of sp³-hybridized carbons (Fsp3) is 0.462. The van der Waals surface area contributed by atoms with Crippen LogP contribution >= 0.6 is 11.6 Å². The van der Waals surface area contributed by atoms with Gasteiger partial charge in [0.1, 0.15) is 5.69 Å². The third-order valence-electron chi connectivity index (χ3n) is 3.62. The van der Waals surface area contributed by atoms with Gasteiger partial charge in [0.2, 0.25) is 11.7 Å². The molecule has 2 atom stereocenters. The van der Waals surface area contributed by atoms with Crippen molar-refractivity contribution in [1.29, 1.82) is 0 Å². The van der Waals surface area contributed by atoms with E-state index in [9.17, 15) is 0 Å². The predicted octanol–water partition coefficient (Wildman–Crippen LogP) is 2.64. The van der Waals surface area contributed by atoms with Crippen LogP contribution in [-0.2, 0) is 0 Å². The summed E-state index contributed by atoms with van der Waals surface area (Å²) in [5.74, 6) is 1.42. The molecule has 3 rings (SSSR count). The number of nitrogens with one attached hydrogen (secondary N) is 1. The van der Waals surface area contributed by atoms with Crippen LogP contribution in [-0.4, -0.2) is 28.2 Å². The van der Waals surface area contributed by atoms with Gasteiger partial charge in [0.05, 0.1) is 10.9 Å². The highest BCUT2D eigenvalue weighted by atomic mass is 35.5. The zero-order chi connectivity index (χ0) is 13.2. The van der Waals surface area contributed by atoms with E-state index in [-0.39, 0.29) is 5.92 Å². The van der Waals surface area contributed by atoms with Crippen LogP contribution in [0.3, 0.4) is 0 Å². The summed E-state index contributed by atoms with van der Waals surface area (Å²) >= 11 is 6.09. The predicted molar refractivity (Wildman–Crippen MR) is 72.0 cm³/mol. The Balaban J connectivity index is 1.90. The molecule has 1 aliphatic rings.